The maximum Gasteiger partial charge on any atom is 0.417 e. The highest BCUT2D eigenvalue weighted by atomic mass is 32.2. The van der Waals surface area contributed by atoms with E-state index < -0.39 is 114 Å². The van der Waals surface area contributed by atoms with Crippen molar-refractivity contribution < 1.29 is 70.9 Å². The number of carbonyl (C=O) groups is 4. The van der Waals surface area contributed by atoms with Crippen LogP contribution in [0.2, 0.25) is 0 Å². The molecule has 4 atom stereocenters. The fraction of sp³-hybridized carbons (Fsp3) is 0.333. The summed E-state index contributed by atoms with van der Waals surface area (Å²) in [6.45, 7) is 0. The number of fused-ring (bicyclic) bond motifs is 2. The van der Waals surface area contributed by atoms with E-state index in [1.165, 1.54) is 0 Å². The molecule has 2 saturated heterocycles. The maximum atomic E-state index is 13.4. The Hall–Kier alpha value is -3.88. The third-order valence-corrected chi connectivity index (χ3v) is 9.81. The van der Waals surface area contributed by atoms with Gasteiger partial charge in [0, 0.05) is 0 Å². The van der Waals surface area contributed by atoms with Crippen LogP contribution in [0.1, 0.15) is 24.0 Å². The van der Waals surface area contributed by atoms with Gasteiger partial charge in [-0.1, -0.05) is 24.3 Å². The SMILES string of the molecule is O=C1C2CC3C(=O)N(OS(=O)(=O)c4ccccc4C(F)(F)F)C(=O)C3CC2C(=O)N1OS(=O)(=O)c1ccccc1C(F)(F)F. The molecule has 3 aliphatic rings. The molecule has 0 N–H and O–H groups in total. The second kappa shape index (κ2) is 10.3. The van der Waals surface area contributed by atoms with Gasteiger partial charge in [0.15, 0.2) is 0 Å². The second-order valence-corrected chi connectivity index (χ2v) is 12.9. The predicted octanol–water partition coefficient (Wildman–Crippen LogP) is 2.66. The van der Waals surface area contributed by atoms with E-state index in [1.54, 1.807) is 0 Å². The number of hydrogen-bond acceptors (Lipinski definition) is 10. The van der Waals surface area contributed by atoms with Crippen molar-refractivity contribution in [2.45, 2.75) is 35.0 Å². The van der Waals surface area contributed by atoms with Crippen LogP contribution in [0.3, 0.4) is 0 Å². The molecule has 4 amide bonds. The highest BCUT2D eigenvalue weighted by molar-refractivity contribution is 7.87. The standard InChI is InChI=1S/C24H16F6N2O10S2/c25-23(26,27)15-5-1-3-7-17(15)43(37,38)41-31-19(33)11-9-13-14(10-12(11)20(31)34)22(36)32(21(13)35)42-44(39,40)18-8-4-2-6-16(18)24(28,29)30/h1-8,11-14H,9-10H2. The fourth-order valence-electron chi connectivity index (χ4n) is 5.38. The summed E-state index contributed by atoms with van der Waals surface area (Å²) < 4.78 is 140. The molecule has 1 saturated carbocycles. The summed E-state index contributed by atoms with van der Waals surface area (Å²) in [4.78, 5) is 49.2. The largest absolute Gasteiger partial charge is 0.417 e. The summed E-state index contributed by atoms with van der Waals surface area (Å²) >= 11 is 0. The van der Waals surface area contributed by atoms with E-state index in [9.17, 15) is 62.4 Å². The first-order valence-electron chi connectivity index (χ1n) is 12.2. The monoisotopic (exact) mass is 670 g/mol. The predicted molar refractivity (Wildman–Crippen MR) is 126 cm³/mol. The van der Waals surface area contributed by atoms with Crippen molar-refractivity contribution in [3.63, 3.8) is 0 Å². The molecule has 20 heteroatoms. The van der Waals surface area contributed by atoms with E-state index >= 15 is 0 Å². The molecule has 236 valence electrons. The normalized spacial score (nSPS) is 24.6. The zero-order chi connectivity index (χ0) is 32.6. The van der Waals surface area contributed by atoms with Crippen LogP contribution in [0.5, 0.6) is 0 Å². The molecule has 2 heterocycles. The summed E-state index contributed by atoms with van der Waals surface area (Å²) in [5.41, 5.74) is -3.29. The lowest BCUT2D eigenvalue weighted by atomic mass is 9.70. The highest BCUT2D eigenvalue weighted by Crippen LogP contribution is 2.48. The molecule has 0 radical (unpaired) electrons. The van der Waals surface area contributed by atoms with Crippen molar-refractivity contribution in [1.29, 1.82) is 0 Å². The van der Waals surface area contributed by atoms with Crippen molar-refractivity contribution in [2.75, 3.05) is 0 Å². The lowest BCUT2D eigenvalue weighted by Crippen LogP contribution is -2.35. The lowest BCUT2D eigenvalue weighted by molar-refractivity contribution is -0.166. The van der Waals surface area contributed by atoms with Crippen molar-refractivity contribution in [2.24, 2.45) is 23.7 Å². The number of imide groups is 2. The number of rotatable bonds is 6. The first-order chi connectivity index (χ1) is 20.3. The third kappa shape index (κ3) is 5.24. The number of halogens is 6. The van der Waals surface area contributed by atoms with Gasteiger partial charge in [-0.15, -0.1) is 18.7 Å². The van der Waals surface area contributed by atoms with Gasteiger partial charge in [0.1, 0.15) is 9.79 Å². The molecule has 2 aromatic rings. The lowest BCUT2D eigenvalue weighted by Gasteiger charge is -2.27. The van der Waals surface area contributed by atoms with Crippen LogP contribution in [0.25, 0.3) is 0 Å². The van der Waals surface area contributed by atoms with Crippen LogP contribution in [0.15, 0.2) is 58.3 Å². The Kier molecular flexibility index (Phi) is 7.42. The molecule has 3 fully saturated rings. The Balaban J connectivity index is 1.37. The molecule has 44 heavy (non-hydrogen) atoms. The molecule has 1 aliphatic carbocycles. The molecule has 4 unspecified atom stereocenters. The van der Waals surface area contributed by atoms with Gasteiger partial charge in [-0.2, -0.15) is 43.2 Å². The number of hydrogen-bond donors (Lipinski definition) is 0. The molecule has 0 bridgehead atoms. The summed E-state index contributed by atoms with van der Waals surface area (Å²) in [5, 5.41) is -0.527. The van der Waals surface area contributed by atoms with Gasteiger partial charge < -0.3 is 0 Å². The number of carbonyl (C=O) groups excluding carboxylic acids is 4. The van der Waals surface area contributed by atoms with Gasteiger partial charge in [0.2, 0.25) is 0 Å². The van der Waals surface area contributed by atoms with Gasteiger partial charge in [-0.25, -0.2) is 0 Å². The van der Waals surface area contributed by atoms with Crippen LogP contribution in [0, 0.1) is 23.7 Å². The van der Waals surface area contributed by atoms with Crippen molar-refractivity contribution >= 4 is 43.9 Å². The van der Waals surface area contributed by atoms with E-state index in [0.29, 0.717) is 24.3 Å². The van der Waals surface area contributed by atoms with Gasteiger partial charge in [-0.3, -0.25) is 19.2 Å². The number of alkyl halides is 6. The number of benzene rings is 2. The zero-order valence-electron chi connectivity index (χ0n) is 21.4. The molecule has 0 spiro atoms. The van der Waals surface area contributed by atoms with Gasteiger partial charge in [0.05, 0.1) is 34.8 Å². The quantitative estimate of drug-likeness (QED) is 0.330. The summed E-state index contributed by atoms with van der Waals surface area (Å²) in [6, 6.07) is 5.59. The Morgan fingerprint density at radius 1 is 0.545 bits per heavy atom. The Labute approximate surface area is 243 Å². The number of amides is 4. The van der Waals surface area contributed by atoms with Crippen LogP contribution in [0.4, 0.5) is 26.3 Å². The van der Waals surface area contributed by atoms with E-state index in [4.69, 9.17) is 0 Å². The third-order valence-electron chi connectivity index (χ3n) is 7.33. The van der Waals surface area contributed by atoms with E-state index in [0.717, 1.165) is 24.3 Å². The minimum atomic E-state index is -5.42. The molecule has 5 rings (SSSR count). The molecular formula is C24H16F6N2O10S2. The van der Waals surface area contributed by atoms with E-state index in [2.05, 4.69) is 8.57 Å². The molecule has 0 aromatic heterocycles. The minimum Gasteiger partial charge on any atom is -0.272 e. The maximum absolute atomic E-state index is 13.4. The first-order valence-corrected chi connectivity index (χ1v) is 15.0. The van der Waals surface area contributed by atoms with Gasteiger partial charge >= 0.3 is 32.6 Å². The summed E-state index contributed by atoms with van der Waals surface area (Å²) in [7, 11) is -10.8. The summed E-state index contributed by atoms with van der Waals surface area (Å²) in [6.07, 6.45) is -11.6. The van der Waals surface area contributed by atoms with Gasteiger partial charge in [0.25, 0.3) is 23.6 Å². The Morgan fingerprint density at radius 2 is 0.818 bits per heavy atom. The van der Waals surface area contributed by atoms with Crippen molar-refractivity contribution in [1.82, 2.24) is 10.1 Å². The second-order valence-electron chi connectivity index (χ2n) is 9.88. The van der Waals surface area contributed by atoms with Crippen molar-refractivity contribution in [3.05, 3.63) is 59.7 Å². The van der Waals surface area contributed by atoms with E-state index in [-0.39, 0.29) is 10.1 Å². The molecule has 12 nitrogen and oxygen atoms in total. The van der Waals surface area contributed by atoms with Crippen LogP contribution in [-0.2, 0) is 60.3 Å². The van der Waals surface area contributed by atoms with Crippen LogP contribution in [-0.4, -0.2) is 50.6 Å². The Bertz CT molecular complexity index is 1640. The van der Waals surface area contributed by atoms with Crippen molar-refractivity contribution in [3.8, 4) is 0 Å². The highest BCUT2D eigenvalue weighted by Gasteiger charge is 2.62. The number of nitrogens with zero attached hydrogens (tertiary/aromatic N) is 2. The summed E-state index contributed by atoms with van der Waals surface area (Å²) in [5.74, 6) is -11.5. The zero-order valence-corrected chi connectivity index (χ0v) is 23.0. The topological polar surface area (TPSA) is 161 Å². The molecular weight excluding hydrogens is 654 g/mol. The van der Waals surface area contributed by atoms with Crippen LogP contribution < -0.4 is 0 Å². The van der Waals surface area contributed by atoms with Gasteiger partial charge in [-0.05, 0) is 37.1 Å². The average Bonchev–Trinajstić information content (AvgIpc) is 3.30. The molecule has 2 aromatic carbocycles. The molecule has 2 aliphatic heterocycles. The van der Waals surface area contributed by atoms with Crippen LogP contribution >= 0.6 is 0 Å². The number of hydroxylamine groups is 4. The Morgan fingerprint density at radius 3 is 1.09 bits per heavy atom. The first kappa shape index (κ1) is 31.5. The smallest absolute Gasteiger partial charge is 0.272 e. The fourth-order valence-corrected chi connectivity index (χ4v) is 7.62. The average molecular weight is 671 g/mol. The van der Waals surface area contributed by atoms with E-state index in [1.807, 2.05) is 0 Å². The minimum absolute atomic E-state index is 0.263.